The van der Waals surface area contributed by atoms with Crippen LogP contribution in [-0.2, 0) is 6.18 Å². The van der Waals surface area contributed by atoms with Crippen molar-refractivity contribution in [3.05, 3.63) is 51.8 Å². The molecule has 0 amide bonds. The maximum Gasteiger partial charge on any atom is 0.423 e. The molecule has 0 radical (unpaired) electrons. The van der Waals surface area contributed by atoms with E-state index >= 15 is 0 Å². The van der Waals surface area contributed by atoms with Crippen molar-refractivity contribution < 1.29 is 18.1 Å². The van der Waals surface area contributed by atoms with Crippen LogP contribution < -0.4 is 5.32 Å². The van der Waals surface area contributed by atoms with Crippen molar-refractivity contribution in [1.29, 1.82) is 0 Å². The van der Waals surface area contributed by atoms with Gasteiger partial charge in [0, 0.05) is 23.5 Å². The molecule has 2 rings (SSSR count). The Morgan fingerprint density at radius 2 is 2.14 bits per heavy atom. The molecule has 2 N–H and O–H groups in total. The number of nitrogens with zero attached hydrogens (tertiary/aromatic N) is 2. The predicted octanol–water partition coefficient (Wildman–Crippen LogP) is 3.51. The smallest absolute Gasteiger partial charge is 0.378 e. The largest absolute Gasteiger partial charge is 0.423 e. The van der Waals surface area contributed by atoms with Crippen LogP contribution in [0.25, 0.3) is 0 Å². The van der Waals surface area contributed by atoms with E-state index in [4.69, 9.17) is 0 Å². The first-order chi connectivity index (χ1) is 9.79. The van der Waals surface area contributed by atoms with E-state index in [-0.39, 0.29) is 11.7 Å². The number of aromatic nitrogens is 2. The van der Waals surface area contributed by atoms with Crippen molar-refractivity contribution in [3.8, 4) is 0 Å². The Morgan fingerprint density at radius 1 is 1.43 bits per heavy atom. The lowest BCUT2D eigenvalue weighted by molar-refractivity contribution is -0.388. The highest BCUT2D eigenvalue weighted by molar-refractivity contribution is 5.56. The zero-order valence-corrected chi connectivity index (χ0v) is 10.8. The van der Waals surface area contributed by atoms with Crippen LogP contribution in [0.5, 0.6) is 0 Å². The number of hydrogen-bond donors (Lipinski definition) is 2. The van der Waals surface area contributed by atoms with Gasteiger partial charge >= 0.3 is 6.18 Å². The highest BCUT2D eigenvalue weighted by Crippen LogP contribution is 2.38. The molecule has 0 fully saturated rings. The quantitative estimate of drug-likeness (QED) is 0.668. The van der Waals surface area contributed by atoms with Crippen LogP contribution in [0.15, 0.2) is 30.6 Å². The van der Waals surface area contributed by atoms with Gasteiger partial charge in [0.15, 0.2) is 0 Å². The highest BCUT2D eigenvalue weighted by atomic mass is 19.4. The van der Waals surface area contributed by atoms with Crippen LogP contribution in [0, 0.1) is 10.1 Å². The number of benzene rings is 1. The number of rotatable bonds is 4. The van der Waals surface area contributed by atoms with Crippen LogP contribution in [-0.4, -0.2) is 15.1 Å². The lowest BCUT2D eigenvalue weighted by Gasteiger charge is -2.15. The van der Waals surface area contributed by atoms with Gasteiger partial charge in [-0.1, -0.05) is 0 Å². The van der Waals surface area contributed by atoms with E-state index in [1.165, 1.54) is 12.3 Å². The van der Waals surface area contributed by atoms with Gasteiger partial charge in [-0.25, -0.2) is 0 Å². The average Bonchev–Trinajstić information content (AvgIpc) is 2.91. The van der Waals surface area contributed by atoms with Crippen LogP contribution in [0.1, 0.15) is 24.1 Å². The minimum absolute atomic E-state index is 0.140. The molecule has 1 aromatic heterocycles. The molecule has 0 aliphatic heterocycles. The first-order valence-electron chi connectivity index (χ1n) is 5.90. The van der Waals surface area contributed by atoms with Crippen molar-refractivity contribution in [2.45, 2.75) is 19.1 Å². The molecule has 0 spiro atoms. The topological polar surface area (TPSA) is 83.8 Å². The fraction of sp³-hybridized carbons (Fsp3) is 0.250. The molecule has 0 saturated heterocycles. The zero-order valence-electron chi connectivity index (χ0n) is 10.8. The second kappa shape index (κ2) is 5.43. The fourth-order valence-electron chi connectivity index (χ4n) is 1.84. The monoisotopic (exact) mass is 300 g/mol. The first-order valence-corrected chi connectivity index (χ1v) is 5.90. The van der Waals surface area contributed by atoms with Crippen LogP contribution in [0.2, 0.25) is 0 Å². The first kappa shape index (κ1) is 14.8. The van der Waals surface area contributed by atoms with E-state index in [2.05, 4.69) is 15.5 Å². The van der Waals surface area contributed by atoms with Gasteiger partial charge in [0.2, 0.25) is 0 Å². The van der Waals surface area contributed by atoms with Crippen LogP contribution >= 0.6 is 0 Å². The minimum Gasteiger partial charge on any atom is -0.378 e. The van der Waals surface area contributed by atoms with Gasteiger partial charge in [0.1, 0.15) is 5.56 Å². The maximum atomic E-state index is 12.9. The fourth-order valence-corrected chi connectivity index (χ4v) is 1.84. The normalized spacial score (nSPS) is 13.0. The number of halogens is 3. The number of hydrogen-bond acceptors (Lipinski definition) is 4. The Kier molecular flexibility index (Phi) is 3.83. The molecule has 0 aliphatic rings. The lowest BCUT2D eigenvalue weighted by Crippen LogP contribution is -2.11. The molecule has 112 valence electrons. The Balaban J connectivity index is 2.32. The van der Waals surface area contributed by atoms with Gasteiger partial charge in [-0.05, 0) is 19.1 Å². The highest BCUT2D eigenvalue weighted by Gasteiger charge is 2.38. The van der Waals surface area contributed by atoms with Crippen LogP contribution in [0.4, 0.5) is 24.5 Å². The van der Waals surface area contributed by atoms with E-state index in [1.807, 2.05) is 0 Å². The van der Waals surface area contributed by atoms with E-state index in [0.29, 0.717) is 0 Å². The Labute approximate surface area is 117 Å². The van der Waals surface area contributed by atoms with Gasteiger partial charge in [0.05, 0.1) is 17.2 Å². The average molecular weight is 300 g/mol. The number of alkyl halides is 3. The molecule has 1 atom stereocenters. The Bertz CT molecular complexity index is 640. The number of anilines is 1. The van der Waals surface area contributed by atoms with E-state index in [0.717, 1.165) is 17.7 Å². The zero-order chi connectivity index (χ0) is 15.6. The third kappa shape index (κ3) is 3.30. The maximum absolute atomic E-state index is 12.9. The molecule has 0 saturated carbocycles. The molecule has 6 nitrogen and oxygen atoms in total. The summed E-state index contributed by atoms with van der Waals surface area (Å²) in [6, 6.07) is 2.51. The second-order valence-corrected chi connectivity index (χ2v) is 4.38. The molecule has 1 unspecified atom stereocenters. The number of nitro groups is 1. The molecular formula is C12H11F3N4O2. The summed E-state index contributed by atoms with van der Waals surface area (Å²) in [4.78, 5) is 9.61. The third-order valence-electron chi connectivity index (χ3n) is 2.90. The molecule has 21 heavy (non-hydrogen) atoms. The van der Waals surface area contributed by atoms with Gasteiger partial charge in [-0.2, -0.15) is 18.3 Å². The summed E-state index contributed by atoms with van der Waals surface area (Å²) in [6.07, 6.45) is -1.65. The molecule has 1 aromatic carbocycles. The molecule has 1 heterocycles. The van der Waals surface area contributed by atoms with E-state index in [1.54, 1.807) is 13.1 Å². The SMILES string of the molecule is CC(Nc1ccc([N+](=O)[O-])c(C(F)(F)F)c1)c1cn[nH]c1. The molecule has 0 aliphatic carbocycles. The summed E-state index contributed by atoms with van der Waals surface area (Å²) < 4.78 is 38.6. The van der Waals surface area contributed by atoms with Crippen molar-refractivity contribution in [2.75, 3.05) is 5.32 Å². The summed E-state index contributed by atoms with van der Waals surface area (Å²) in [5, 5.41) is 19.8. The number of H-pyrrole nitrogens is 1. The van der Waals surface area contributed by atoms with Gasteiger partial charge in [0.25, 0.3) is 5.69 Å². The van der Waals surface area contributed by atoms with Gasteiger partial charge < -0.3 is 5.32 Å². The van der Waals surface area contributed by atoms with Crippen molar-refractivity contribution in [3.63, 3.8) is 0 Å². The standard InChI is InChI=1S/C12H11F3N4O2/c1-7(8-5-16-17-6-8)18-9-2-3-11(19(20)21)10(4-9)12(13,14)15/h2-7,18H,1H3,(H,16,17). The van der Waals surface area contributed by atoms with Crippen molar-refractivity contribution in [1.82, 2.24) is 10.2 Å². The third-order valence-corrected chi connectivity index (χ3v) is 2.90. The molecular weight excluding hydrogens is 289 g/mol. The summed E-state index contributed by atoms with van der Waals surface area (Å²) >= 11 is 0. The number of nitrogens with one attached hydrogen (secondary N) is 2. The van der Waals surface area contributed by atoms with E-state index < -0.39 is 22.4 Å². The second-order valence-electron chi connectivity index (χ2n) is 4.38. The van der Waals surface area contributed by atoms with Crippen LogP contribution in [0.3, 0.4) is 0 Å². The Morgan fingerprint density at radius 3 is 2.67 bits per heavy atom. The predicted molar refractivity (Wildman–Crippen MR) is 68.7 cm³/mol. The Hall–Kier alpha value is -2.58. The van der Waals surface area contributed by atoms with Crippen molar-refractivity contribution in [2.24, 2.45) is 0 Å². The summed E-state index contributed by atoms with van der Waals surface area (Å²) in [5.74, 6) is 0. The summed E-state index contributed by atoms with van der Waals surface area (Å²) in [5.41, 5.74) is -1.36. The summed E-state index contributed by atoms with van der Waals surface area (Å²) in [7, 11) is 0. The number of aromatic amines is 1. The molecule has 2 aromatic rings. The lowest BCUT2D eigenvalue weighted by atomic mass is 10.1. The molecule has 0 bridgehead atoms. The minimum atomic E-state index is -4.79. The summed E-state index contributed by atoms with van der Waals surface area (Å²) in [6.45, 7) is 1.74. The molecule has 9 heteroatoms. The van der Waals surface area contributed by atoms with Crippen molar-refractivity contribution >= 4 is 11.4 Å². The van der Waals surface area contributed by atoms with Gasteiger partial charge in [-0.3, -0.25) is 15.2 Å². The van der Waals surface area contributed by atoms with E-state index in [9.17, 15) is 23.3 Å². The number of nitro benzene ring substituents is 1. The van der Waals surface area contributed by atoms with Gasteiger partial charge in [-0.15, -0.1) is 0 Å².